The van der Waals surface area contributed by atoms with Crippen LogP contribution in [-0.2, 0) is 4.74 Å². The number of ether oxygens (including phenoxy) is 1. The number of aromatic nitrogens is 4. The SMILES string of the molecule is Cc1c(-c2ccsc2)c(=O)n(C2CCCC2)c2nc(Nc3ccc(N4CCN(C(=O)OC(C)(C)C)CC4)cn3)ncc12. The van der Waals surface area contributed by atoms with Crippen LogP contribution in [0.2, 0.25) is 0 Å². The van der Waals surface area contributed by atoms with Crippen molar-refractivity contribution in [2.45, 2.75) is 65.0 Å². The van der Waals surface area contributed by atoms with Crippen LogP contribution in [0.15, 0.2) is 46.1 Å². The van der Waals surface area contributed by atoms with E-state index < -0.39 is 5.60 Å². The van der Waals surface area contributed by atoms with Crippen LogP contribution >= 0.6 is 11.3 Å². The molecule has 10 nitrogen and oxygen atoms in total. The lowest BCUT2D eigenvalue weighted by molar-refractivity contribution is 0.0240. The number of rotatable bonds is 5. The summed E-state index contributed by atoms with van der Waals surface area (Å²) in [7, 11) is 0. The second kappa shape index (κ2) is 11.4. The standard InChI is InChI=1S/C31H37N7O3S/c1-20-24-18-33-29(35-27(24)38(22-7-5-6-8-22)28(39)26(20)21-11-16-42-19-21)34-25-10-9-23(17-32-25)36-12-14-37(15-13-36)30(40)41-31(2,3)4/h9-11,16-19,22H,5-8,12-15H2,1-4H3,(H,32,33,34,35). The Bertz CT molecular complexity index is 1630. The summed E-state index contributed by atoms with van der Waals surface area (Å²) in [6.45, 7) is 10.2. The van der Waals surface area contributed by atoms with Crippen molar-refractivity contribution in [2.24, 2.45) is 0 Å². The number of pyridine rings is 2. The van der Waals surface area contributed by atoms with Crippen LogP contribution < -0.4 is 15.8 Å². The van der Waals surface area contributed by atoms with E-state index >= 15 is 0 Å². The van der Waals surface area contributed by atoms with Crippen LogP contribution in [-0.4, -0.2) is 62.3 Å². The van der Waals surface area contributed by atoms with E-state index in [-0.39, 0.29) is 17.7 Å². The van der Waals surface area contributed by atoms with Gasteiger partial charge in [-0.1, -0.05) is 12.8 Å². The second-order valence-corrected chi connectivity index (χ2v) is 12.8. The van der Waals surface area contributed by atoms with Crippen molar-refractivity contribution in [2.75, 3.05) is 36.4 Å². The number of thiophene rings is 1. The molecule has 0 spiro atoms. The molecular weight excluding hydrogens is 550 g/mol. The molecule has 1 N–H and O–H groups in total. The van der Waals surface area contributed by atoms with Crippen LogP contribution in [0.5, 0.6) is 0 Å². The average molecular weight is 588 g/mol. The first-order valence-corrected chi connectivity index (χ1v) is 15.5. The summed E-state index contributed by atoms with van der Waals surface area (Å²) < 4.78 is 7.41. The molecule has 1 saturated carbocycles. The van der Waals surface area contributed by atoms with Gasteiger partial charge in [-0.15, -0.1) is 0 Å². The maximum atomic E-state index is 13.9. The van der Waals surface area contributed by atoms with Gasteiger partial charge in [-0.3, -0.25) is 9.36 Å². The van der Waals surface area contributed by atoms with E-state index in [1.165, 1.54) is 0 Å². The summed E-state index contributed by atoms with van der Waals surface area (Å²) in [5, 5.41) is 8.16. The molecule has 1 aliphatic carbocycles. The number of carbonyl (C=O) groups is 1. The van der Waals surface area contributed by atoms with Gasteiger partial charge in [0.25, 0.3) is 5.56 Å². The fraction of sp³-hybridized carbons (Fsp3) is 0.452. The van der Waals surface area contributed by atoms with Crippen LogP contribution in [0.25, 0.3) is 22.2 Å². The third-order valence-corrected chi connectivity index (χ3v) is 8.68. The molecule has 4 aromatic rings. The number of piperazine rings is 1. The molecular formula is C31H37N7O3S. The Morgan fingerprint density at radius 3 is 2.45 bits per heavy atom. The minimum Gasteiger partial charge on any atom is -0.444 e. The van der Waals surface area contributed by atoms with Gasteiger partial charge in [0.1, 0.15) is 17.1 Å². The van der Waals surface area contributed by atoms with Crippen molar-refractivity contribution in [3.63, 3.8) is 0 Å². The number of aryl methyl sites for hydroxylation is 1. The lowest BCUT2D eigenvalue weighted by atomic mass is 10.0. The summed E-state index contributed by atoms with van der Waals surface area (Å²) in [6.07, 6.45) is 7.54. The Morgan fingerprint density at radius 2 is 1.81 bits per heavy atom. The minimum atomic E-state index is -0.504. The zero-order chi connectivity index (χ0) is 29.4. The first-order valence-electron chi connectivity index (χ1n) is 14.6. The van der Waals surface area contributed by atoms with E-state index in [9.17, 15) is 9.59 Å². The highest BCUT2D eigenvalue weighted by Gasteiger charge is 2.27. The van der Waals surface area contributed by atoms with Gasteiger partial charge in [-0.25, -0.2) is 14.8 Å². The normalized spacial score (nSPS) is 16.3. The van der Waals surface area contributed by atoms with Crippen LogP contribution in [0.3, 0.4) is 0 Å². The molecule has 0 radical (unpaired) electrons. The summed E-state index contributed by atoms with van der Waals surface area (Å²) in [5.74, 6) is 1.02. The van der Waals surface area contributed by atoms with E-state index in [1.54, 1.807) is 16.2 Å². The molecule has 42 heavy (non-hydrogen) atoms. The lowest BCUT2D eigenvalue weighted by Crippen LogP contribution is -2.50. The van der Waals surface area contributed by atoms with Gasteiger partial charge in [-0.05, 0) is 80.6 Å². The number of nitrogens with zero attached hydrogens (tertiary/aromatic N) is 6. The molecule has 0 atom stereocenters. The van der Waals surface area contributed by atoms with Gasteiger partial charge < -0.3 is 19.9 Å². The summed E-state index contributed by atoms with van der Waals surface area (Å²) >= 11 is 1.59. The smallest absolute Gasteiger partial charge is 0.410 e. The third kappa shape index (κ3) is 5.70. The van der Waals surface area contributed by atoms with E-state index in [0.717, 1.165) is 53.4 Å². The van der Waals surface area contributed by atoms with Crippen molar-refractivity contribution < 1.29 is 9.53 Å². The molecule has 5 heterocycles. The van der Waals surface area contributed by atoms with Gasteiger partial charge in [0.15, 0.2) is 0 Å². The van der Waals surface area contributed by atoms with Crippen molar-refractivity contribution in [3.05, 3.63) is 57.3 Å². The maximum absolute atomic E-state index is 13.9. The zero-order valence-electron chi connectivity index (χ0n) is 24.6. The molecule has 0 bridgehead atoms. The highest BCUT2D eigenvalue weighted by atomic mass is 32.1. The van der Waals surface area contributed by atoms with Crippen molar-refractivity contribution >= 4 is 45.9 Å². The molecule has 2 aliphatic rings. The van der Waals surface area contributed by atoms with E-state index in [2.05, 4.69) is 20.2 Å². The monoisotopic (exact) mass is 587 g/mol. The largest absolute Gasteiger partial charge is 0.444 e. The quantitative estimate of drug-likeness (QED) is 0.297. The third-order valence-electron chi connectivity index (χ3n) is 7.99. The van der Waals surface area contributed by atoms with Gasteiger partial charge in [0.2, 0.25) is 5.95 Å². The number of hydrogen-bond acceptors (Lipinski definition) is 9. The average Bonchev–Trinajstić information content (AvgIpc) is 3.68. The molecule has 0 aromatic carbocycles. The second-order valence-electron chi connectivity index (χ2n) is 12.0. The lowest BCUT2D eigenvalue weighted by Gasteiger charge is -2.36. The predicted molar refractivity (Wildman–Crippen MR) is 167 cm³/mol. The fourth-order valence-electron chi connectivity index (χ4n) is 5.88. The molecule has 2 fully saturated rings. The number of fused-ring (bicyclic) bond motifs is 1. The topological polar surface area (TPSA) is 105 Å². The number of nitrogens with one attached hydrogen (secondary N) is 1. The molecule has 4 aromatic heterocycles. The fourth-order valence-corrected chi connectivity index (χ4v) is 6.52. The highest BCUT2D eigenvalue weighted by Crippen LogP contribution is 2.34. The summed E-state index contributed by atoms with van der Waals surface area (Å²) in [4.78, 5) is 44.3. The minimum absolute atomic E-state index is 0.0178. The van der Waals surface area contributed by atoms with Gasteiger partial charge in [0.05, 0.1) is 17.4 Å². The van der Waals surface area contributed by atoms with E-state index in [4.69, 9.17) is 9.72 Å². The molecule has 11 heteroatoms. The van der Waals surface area contributed by atoms with E-state index in [1.807, 2.05) is 73.6 Å². The maximum Gasteiger partial charge on any atom is 0.410 e. The predicted octanol–water partition coefficient (Wildman–Crippen LogP) is 6.14. The number of amides is 1. The van der Waals surface area contributed by atoms with E-state index in [0.29, 0.717) is 43.6 Å². The Labute approximate surface area is 249 Å². The number of carbonyl (C=O) groups excluding carboxylic acids is 1. The molecule has 1 amide bonds. The molecule has 6 rings (SSSR count). The molecule has 1 saturated heterocycles. The van der Waals surface area contributed by atoms with Crippen molar-refractivity contribution in [3.8, 4) is 11.1 Å². The highest BCUT2D eigenvalue weighted by molar-refractivity contribution is 7.08. The molecule has 1 aliphatic heterocycles. The number of hydrogen-bond donors (Lipinski definition) is 1. The van der Waals surface area contributed by atoms with Crippen LogP contribution in [0.4, 0.5) is 22.2 Å². The molecule has 0 unspecified atom stereocenters. The summed E-state index contributed by atoms with van der Waals surface area (Å²) in [5.41, 5.74) is 3.76. The van der Waals surface area contributed by atoms with Crippen LogP contribution in [0, 0.1) is 6.92 Å². The van der Waals surface area contributed by atoms with Crippen molar-refractivity contribution in [1.82, 2.24) is 24.4 Å². The van der Waals surface area contributed by atoms with Crippen LogP contribution in [0.1, 0.15) is 58.1 Å². The van der Waals surface area contributed by atoms with Gasteiger partial charge >= 0.3 is 6.09 Å². The Balaban J connectivity index is 1.21. The van der Waals surface area contributed by atoms with Gasteiger partial charge in [-0.2, -0.15) is 16.3 Å². The van der Waals surface area contributed by atoms with Gasteiger partial charge in [0, 0.05) is 43.8 Å². The first-order chi connectivity index (χ1) is 20.2. The number of anilines is 3. The Morgan fingerprint density at radius 1 is 1.05 bits per heavy atom. The Kier molecular flexibility index (Phi) is 7.61. The van der Waals surface area contributed by atoms with Crippen molar-refractivity contribution in [1.29, 1.82) is 0 Å². The molecule has 220 valence electrons. The summed E-state index contributed by atoms with van der Waals surface area (Å²) in [6, 6.07) is 6.05. The Hall–Kier alpha value is -3.99. The first kappa shape index (κ1) is 28.1. The zero-order valence-corrected chi connectivity index (χ0v) is 25.4.